The van der Waals surface area contributed by atoms with Gasteiger partial charge in [0.05, 0.1) is 52.7 Å². The maximum atomic E-state index is 14.2. The van der Waals surface area contributed by atoms with Crippen LogP contribution in [0.4, 0.5) is 0 Å². The Balaban J connectivity index is 1.10. The Labute approximate surface area is 430 Å². The normalized spacial score (nSPS) is 14.0. The fourth-order valence-electron chi connectivity index (χ4n) is 12.5. The first-order valence-corrected chi connectivity index (χ1v) is 27.9. The van der Waals surface area contributed by atoms with Crippen LogP contribution in [0.3, 0.4) is 0 Å². The van der Waals surface area contributed by atoms with E-state index in [2.05, 4.69) is 159 Å². The van der Waals surface area contributed by atoms with Gasteiger partial charge in [0.25, 0.3) is 0 Å². The number of aromatic nitrogens is 3. The van der Waals surface area contributed by atoms with E-state index in [1.165, 1.54) is 0 Å². The van der Waals surface area contributed by atoms with Crippen molar-refractivity contribution in [3.05, 3.63) is 237 Å². The average molecular weight is 1000 g/mol. The molecule has 0 radical (unpaired) electrons. The molecule has 0 N–H and O–H groups in total. The zero-order chi connectivity index (χ0) is 49.9. The van der Waals surface area contributed by atoms with Gasteiger partial charge in [0, 0.05) is 71.6 Å². The molecule has 0 unspecified atom stereocenters. The predicted molar refractivity (Wildman–Crippen MR) is 302 cm³/mol. The van der Waals surface area contributed by atoms with E-state index in [4.69, 9.17) is 0 Å². The van der Waals surface area contributed by atoms with E-state index in [0.29, 0.717) is 30.7 Å². The number of nitrogens with zero attached hydrogens (tertiary/aromatic N) is 3. The molecule has 354 valence electrons. The van der Waals surface area contributed by atoms with Gasteiger partial charge >= 0.3 is 0 Å². The van der Waals surface area contributed by atoms with Crippen LogP contribution in [0, 0.1) is 0 Å². The molecule has 0 saturated heterocycles. The molecular weight excluding hydrogens is 963 g/mol. The van der Waals surface area contributed by atoms with Crippen molar-refractivity contribution in [1.82, 2.24) is 13.7 Å². The van der Waals surface area contributed by atoms with E-state index in [0.717, 1.165) is 116 Å². The quantitative estimate of drug-likeness (QED) is 0.172. The minimum absolute atomic E-state index is 0.319. The Morgan fingerprint density at radius 2 is 0.613 bits per heavy atom. The third-order valence-electron chi connectivity index (χ3n) is 15.7. The Morgan fingerprint density at radius 3 is 1.16 bits per heavy atom. The number of hydrogen-bond donors (Lipinski definition) is 0. The molecule has 11 aromatic carbocycles. The van der Waals surface area contributed by atoms with Crippen LogP contribution in [0.1, 0.15) is 0 Å². The molecule has 0 bridgehead atoms. The van der Waals surface area contributed by atoms with Crippen LogP contribution in [0.2, 0.25) is 0 Å². The van der Waals surface area contributed by atoms with Crippen LogP contribution in [0.25, 0.3) is 127 Å². The molecule has 3 aromatic heterocycles. The molecule has 2 aliphatic rings. The Bertz CT molecular complexity index is 5080. The second kappa shape index (κ2) is 15.1. The van der Waals surface area contributed by atoms with Crippen LogP contribution in [-0.4, -0.2) is 30.5 Å². The van der Waals surface area contributed by atoms with E-state index in [-0.39, 0.29) is 0 Å². The molecule has 0 amide bonds. The highest BCUT2D eigenvalue weighted by Crippen LogP contribution is 2.52. The number of sulfone groups is 2. The first-order chi connectivity index (χ1) is 36.8. The molecule has 0 atom stereocenters. The molecule has 7 nitrogen and oxygen atoms in total. The van der Waals surface area contributed by atoms with Crippen LogP contribution >= 0.6 is 0 Å². The lowest BCUT2D eigenvalue weighted by molar-refractivity contribution is 0.597. The maximum Gasteiger partial charge on any atom is 0.207 e. The van der Waals surface area contributed by atoms with Gasteiger partial charge in [-0.1, -0.05) is 140 Å². The molecule has 0 fully saturated rings. The summed E-state index contributed by atoms with van der Waals surface area (Å²) in [4.78, 5) is 1.32. The summed E-state index contributed by atoms with van der Waals surface area (Å²) in [6.45, 7) is 0. The molecule has 75 heavy (non-hydrogen) atoms. The lowest BCUT2D eigenvalue weighted by Crippen LogP contribution is -1.97. The predicted octanol–water partition coefficient (Wildman–Crippen LogP) is 15.9. The van der Waals surface area contributed by atoms with Crippen LogP contribution in [0.15, 0.2) is 256 Å². The first kappa shape index (κ1) is 42.2. The van der Waals surface area contributed by atoms with E-state index in [1.807, 2.05) is 60.7 Å². The summed E-state index contributed by atoms with van der Waals surface area (Å²) in [6.07, 6.45) is 0. The van der Waals surface area contributed by atoms with Gasteiger partial charge in [-0.25, -0.2) is 16.8 Å². The zero-order valence-corrected chi connectivity index (χ0v) is 41.4. The van der Waals surface area contributed by atoms with Gasteiger partial charge < -0.3 is 13.7 Å². The van der Waals surface area contributed by atoms with E-state index in [1.54, 1.807) is 30.3 Å². The molecule has 14 aromatic rings. The molecule has 9 heteroatoms. The Hall–Kier alpha value is -9.28. The van der Waals surface area contributed by atoms with Crippen molar-refractivity contribution >= 4 is 85.1 Å². The van der Waals surface area contributed by atoms with E-state index >= 15 is 0 Å². The minimum Gasteiger partial charge on any atom is -0.308 e. The van der Waals surface area contributed by atoms with Gasteiger partial charge in [0.2, 0.25) is 19.7 Å². The molecule has 16 rings (SSSR count). The van der Waals surface area contributed by atoms with Gasteiger partial charge in [-0.05, 0) is 119 Å². The smallest absolute Gasteiger partial charge is 0.207 e. The fourth-order valence-corrected chi connectivity index (χ4v) is 15.9. The summed E-state index contributed by atoms with van der Waals surface area (Å²) in [5, 5.41) is 6.36. The highest BCUT2D eigenvalue weighted by Gasteiger charge is 2.35. The van der Waals surface area contributed by atoms with Crippen molar-refractivity contribution in [3.63, 3.8) is 0 Å². The van der Waals surface area contributed by atoms with Crippen molar-refractivity contribution in [3.8, 4) is 61.6 Å². The molecule has 0 saturated carbocycles. The van der Waals surface area contributed by atoms with Crippen LogP contribution < -0.4 is 0 Å². The number of rotatable bonds is 5. The summed E-state index contributed by atoms with van der Waals surface area (Å²) in [5.74, 6) is 0. The summed E-state index contributed by atoms with van der Waals surface area (Å²) in [7, 11) is -7.39. The topological polar surface area (TPSA) is 83.1 Å². The van der Waals surface area contributed by atoms with Gasteiger partial charge in [0.15, 0.2) is 0 Å². The maximum absolute atomic E-state index is 14.2. The summed E-state index contributed by atoms with van der Waals surface area (Å²) >= 11 is 0. The molecule has 0 aliphatic carbocycles. The lowest BCUT2D eigenvalue weighted by atomic mass is 9.96. The number of fused-ring (bicyclic) bond motifs is 18. The second-order valence-corrected chi connectivity index (χ2v) is 23.4. The standard InChI is InChI=1S/C66H39N3O4S2/c70-74(71)58-27-15-12-23-48(58)51-36-42(31-35-59(51)74)40-29-33-55-52(37-40)63-65(68(55)45-18-6-2-7-19-45)61-50-24-10-13-25-54(50)67(44-16-4-1-5-17-44)64(61)62-53-38-41(30-34-56(53)69(66(62)63)46-20-8-3-9-21-46)43-28-32-49-47-22-11-14-26-57(47)75(72,73)60(49)39-43/h1-39H. The average Bonchev–Trinajstić information content (AvgIpc) is 4.25. The second-order valence-electron chi connectivity index (χ2n) is 19.6. The molecular formula is C66H39N3O4S2. The van der Waals surface area contributed by atoms with Gasteiger partial charge in [-0.2, -0.15) is 0 Å². The fraction of sp³-hybridized carbons (Fsp3) is 0. The van der Waals surface area contributed by atoms with Crippen LogP contribution in [0.5, 0.6) is 0 Å². The van der Waals surface area contributed by atoms with E-state index in [9.17, 15) is 16.8 Å². The Morgan fingerprint density at radius 1 is 0.253 bits per heavy atom. The van der Waals surface area contributed by atoms with Crippen molar-refractivity contribution < 1.29 is 16.8 Å². The number of benzene rings is 11. The summed E-state index contributed by atoms with van der Waals surface area (Å²) in [5.41, 5.74) is 15.7. The zero-order valence-electron chi connectivity index (χ0n) is 39.8. The highest BCUT2D eigenvalue weighted by atomic mass is 32.2. The summed E-state index contributed by atoms with van der Waals surface area (Å²) < 4.78 is 63.2. The largest absolute Gasteiger partial charge is 0.308 e. The molecule has 2 aliphatic heterocycles. The Kier molecular flexibility index (Phi) is 8.53. The number of para-hydroxylation sites is 4. The van der Waals surface area contributed by atoms with Crippen molar-refractivity contribution in [1.29, 1.82) is 0 Å². The highest BCUT2D eigenvalue weighted by molar-refractivity contribution is 7.92. The minimum atomic E-state index is -3.73. The first-order valence-electron chi connectivity index (χ1n) is 24.9. The molecule has 5 heterocycles. The van der Waals surface area contributed by atoms with Gasteiger partial charge in [-0.15, -0.1) is 0 Å². The third-order valence-corrected chi connectivity index (χ3v) is 19.4. The number of hydrogen-bond acceptors (Lipinski definition) is 4. The van der Waals surface area contributed by atoms with Gasteiger partial charge in [-0.3, -0.25) is 0 Å². The lowest BCUT2D eigenvalue weighted by Gasteiger charge is -2.13. The van der Waals surface area contributed by atoms with E-state index < -0.39 is 19.7 Å². The van der Waals surface area contributed by atoms with Crippen molar-refractivity contribution in [2.24, 2.45) is 0 Å². The van der Waals surface area contributed by atoms with Crippen LogP contribution in [-0.2, 0) is 19.7 Å². The SMILES string of the molecule is O=S1(=O)c2ccccc2-c2cc(-c3ccc4c(c3)c3c(c5c6ccccc6n(-c6ccccc6)c5c5c6cc(-c7ccc8c(c7)S(=O)(=O)c7ccccc7-8)ccc6n(-c6ccccc6)c53)n4-c3ccccc3)ccc21. The summed E-state index contributed by atoms with van der Waals surface area (Å²) in [6, 6.07) is 79.7. The van der Waals surface area contributed by atoms with Crippen molar-refractivity contribution in [2.45, 2.75) is 19.6 Å². The molecule has 0 spiro atoms. The monoisotopic (exact) mass is 1000 g/mol. The van der Waals surface area contributed by atoms with Crippen molar-refractivity contribution in [2.75, 3.05) is 0 Å². The van der Waals surface area contributed by atoms with Gasteiger partial charge in [0.1, 0.15) is 0 Å². The third kappa shape index (κ3) is 5.68.